The van der Waals surface area contributed by atoms with E-state index in [1.165, 1.54) is 28.9 Å². The molecule has 1 aliphatic rings. The van der Waals surface area contributed by atoms with Gasteiger partial charge in [0, 0.05) is 17.1 Å². The molecule has 0 aliphatic heterocycles. The van der Waals surface area contributed by atoms with Crippen molar-refractivity contribution in [2.24, 2.45) is 11.1 Å². The molecule has 0 bridgehead atoms. The van der Waals surface area contributed by atoms with Crippen LogP contribution in [0.5, 0.6) is 0 Å². The summed E-state index contributed by atoms with van der Waals surface area (Å²) in [5.74, 6) is 1.43. The summed E-state index contributed by atoms with van der Waals surface area (Å²) < 4.78 is 0. The van der Waals surface area contributed by atoms with Gasteiger partial charge in [-0.2, -0.15) is 0 Å². The maximum atomic E-state index is 7.40. The van der Waals surface area contributed by atoms with Crippen LogP contribution in [0.15, 0.2) is 23.1 Å². The molecular weight excluding hydrogens is 228 g/mol. The van der Waals surface area contributed by atoms with Gasteiger partial charge in [0.25, 0.3) is 0 Å². The second-order valence-corrected chi connectivity index (χ2v) is 6.29. The van der Waals surface area contributed by atoms with Gasteiger partial charge < -0.3 is 5.73 Å². The minimum absolute atomic E-state index is 0.329. The Kier molecular flexibility index (Phi) is 3.48. The topological polar surface area (TPSA) is 49.9 Å². The fourth-order valence-electron chi connectivity index (χ4n) is 1.99. The number of hydrogen-bond donors (Lipinski definition) is 2. The summed E-state index contributed by atoms with van der Waals surface area (Å²) in [7, 11) is 0. The molecule has 0 radical (unpaired) electrons. The largest absolute Gasteiger partial charge is 0.388 e. The summed E-state index contributed by atoms with van der Waals surface area (Å²) in [6.45, 7) is 4.30. The van der Waals surface area contributed by atoms with Crippen LogP contribution in [-0.2, 0) is 0 Å². The molecule has 0 atom stereocenters. The number of aryl methyl sites for hydroxylation is 2. The van der Waals surface area contributed by atoms with E-state index < -0.39 is 0 Å². The molecule has 1 fully saturated rings. The molecule has 0 spiro atoms. The number of nitrogens with two attached hydrogens (primary N) is 1. The summed E-state index contributed by atoms with van der Waals surface area (Å²) >= 11 is 1.90. The fourth-order valence-corrected chi connectivity index (χ4v) is 3.28. The first kappa shape index (κ1) is 12.5. The summed E-state index contributed by atoms with van der Waals surface area (Å²) in [5.41, 5.74) is 8.53. The zero-order valence-corrected chi connectivity index (χ0v) is 11.4. The molecule has 0 amide bonds. The van der Waals surface area contributed by atoms with Crippen molar-refractivity contribution in [3.63, 3.8) is 0 Å². The number of rotatable bonds is 5. The van der Waals surface area contributed by atoms with E-state index in [4.69, 9.17) is 11.1 Å². The third kappa shape index (κ3) is 3.25. The molecule has 1 saturated carbocycles. The van der Waals surface area contributed by atoms with Gasteiger partial charge in [-0.1, -0.05) is 6.07 Å². The highest BCUT2D eigenvalue weighted by Gasteiger charge is 2.42. The number of thioether (sulfide) groups is 1. The van der Waals surface area contributed by atoms with Crippen molar-refractivity contribution in [2.75, 3.05) is 5.75 Å². The van der Waals surface area contributed by atoms with E-state index in [-0.39, 0.29) is 0 Å². The average molecular weight is 248 g/mol. The molecule has 92 valence electrons. The molecule has 3 N–H and O–H groups in total. The van der Waals surface area contributed by atoms with Crippen LogP contribution in [0.3, 0.4) is 0 Å². The summed E-state index contributed by atoms with van der Waals surface area (Å²) in [4.78, 5) is 1.34. The van der Waals surface area contributed by atoms with E-state index in [0.717, 1.165) is 12.2 Å². The van der Waals surface area contributed by atoms with E-state index >= 15 is 0 Å². The van der Waals surface area contributed by atoms with Crippen molar-refractivity contribution in [3.05, 3.63) is 29.3 Å². The predicted octanol–water partition coefficient (Wildman–Crippen LogP) is 3.50. The van der Waals surface area contributed by atoms with Gasteiger partial charge in [-0.25, -0.2) is 0 Å². The van der Waals surface area contributed by atoms with Crippen molar-refractivity contribution in [1.82, 2.24) is 0 Å². The normalized spacial score (nSPS) is 16.8. The zero-order valence-electron chi connectivity index (χ0n) is 10.5. The van der Waals surface area contributed by atoms with Gasteiger partial charge in [-0.05, 0) is 55.4 Å². The van der Waals surface area contributed by atoms with E-state index in [9.17, 15) is 0 Å². The number of amidine groups is 1. The van der Waals surface area contributed by atoms with E-state index in [0.29, 0.717) is 11.3 Å². The standard InChI is InChI=1S/C14H20N2S/c1-10-3-4-12(7-11(10)2)17-9-14(5-6-14)8-13(15)16/h3-4,7H,5-6,8-9H2,1-2H3,(H3,15,16). The summed E-state index contributed by atoms with van der Waals surface area (Å²) in [6.07, 6.45) is 3.22. The first-order valence-electron chi connectivity index (χ1n) is 6.04. The average Bonchev–Trinajstić information content (AvgIpc) is 2.99. The first-order chi connectivity index (χ1) is 8.01. The van der Waals surface area contributed by atoms with E-state index in [1.54, 1.807) is 0 Å². The highest BCUT2D eigenvalue weighted by molar-refractivity contribution is 7.99. The van der Waals surface area contributed by atoms with E-state index in [1.807, 2.05) is 11.8 Å². The smallest absolute Gasteiger partial charge is 0.0911 e. The molecule has 2 rings (SSSR count). The Labute approximate surface area is 107 Å². The fraction of sp³-hybridized carbons (Fsp3) is 0.500. The Morgan fingerprint density at radius 1 is 1.35 bits per heavy atom. The molecule has 0 saturated heterocycles. The molecule has 17 heavy (non-hydrogen) atoms. The maximum Gasteiger partial charge on any atom is 0.0911 e. The van der Waals surface area contributed by atoms with Crippen LogP contribution in [0.4, 0.5) is 0 Å². The Balaban J connectivity index is 1.94. The van der Waals surface area contributed by atoms with Gasteiger partial charge >= 0.3 is 0 Å². The minimum atomic E-state index is 0.329. The highest BCUT2D eigenvalue weighted by atomic mass is 32.2. The van der Waals surface area contributed by atoms with Crippen LogP contribution >= 0.6 is 11.8 Å². The molecule has 2 nitrogen and oxygen atoms in total. The molecule has 1 aromatic rings. The molecule has 0 heterocycles. The van der Waals surface area contributed by atoms with Gasteiger partial charge in [-0.15, -0.1) is 11.8 Å². The molecule has 1 aliphatic carbocycles. The van der Waals surface area contributed by atoms with Gasteiger partial charge in [-0.3, -0.25) is 5.41 Å². The van der Waals surface area contributed by atoms with Crippen LogP contribution in [0.1, 0.15) is 30.4 Å². The second kappa shape index (κ2) is 4.73. The van der Waals surface area contributed by atoms with Gasteiger partial charge in [0.1, 0.15) is 0 Å². The molecule has 1 aromatic carbocycles. The predicted molar refractivity (Wildman–Crippen MR) is 74.8 cm³/mol. The Bertz CT molecular complexity index is 436. The molecule has 0 aromatic heterocycles. The number of benzene rings is 1. The number of hydrogen-bond acceptors (Lipinski definition) is 2. The number of nitrogens with one attached hydrogen (secondary N) is 1. The lowest BCUT2D eigenvalue weighted by molar-refractivity contribution is 0.612. The Morgan fingerprint density at radius 2 is 2.06 bits per heavy atom. The van der Waals surface area contributed by atoms with Crippen LogP contribution in [0.2, 0.25) is 0 Å². The van der Waals surface area contributed by atoms with Crippen molar-refractivity contribution < 1.29 is 0 Å². The first-order valence-corrected chi connectivity index (χ1v) is 7.02. The highest BCUT2D eigenvalue weighted by Crippen LogP contribution is 2.51. The van der Waals surface area contributed by atoms with E-state index in [2.05, 4.69) is 32.0 Å². The second-order valence-electron chi connectivity index (χ2n) is 5.24. The lowest BCUT2D eigenvalue weighted by atomic mass is 10.1. The van der Waals surface area contributed by atoms with Crippen LogP contribution in [0.25, 0.3) is 0 Å². The summed E-state index contributed by atoms with van der Waals surface area (Å²) in [5, 5.41) is 7.40. The third-order valence-electron chi connectivity index (χ3n) is 3.55. The Hall–Kier alpha value is -0.960. The van der Waals surface area contributed by atoms with Gasteiger partial charge in [0.2, 0.25) is 0 Å². The van der Waals surface area contributed by atoms with Crippen LogP contribution in [-0.4, -0.2) is 11.6 Å². The van der Waals surface area contributed by atoms with Crippen LogP contribution < -0.4 is 5.73 Å². The SMILES string of the molecule is Cc1ccc(SCC2(CC(=N)N)CC2)cc1C. The zero-order chi connectivity index (χ0) is 12.5. The minimum Gasteiger partial charge on any atom is -0.388 e. The third-order valence-corrected chi connectivity index (χ3v) is 4.89. The van der Waals surface area contributed by atoms with Gasteiger partial charge in [0.15, 0.2) is 0 Å². The molecular formula is C14H20N2S. The van der Waals surface area contributed by atoms with Crippen molar-refractivity contribution in [1.29, 1.82) is 5.41 Å². The molecule has 3 heteroatoms. The Morgan fingerprint density at radius 3 is 2.59 bits per heavy atom. The quantitative estimate of drug-likeness (QED) is 0.476. The maximum absolute atomic E-state index is 7.40. The van der Waals surface area contributed by atoms with Crippen LogP contribution in [0, 0.1) is 24.7 Å². The van der Waals surface area contributed by atoms with Crippen molar-refractivity contribution in [2.45, 2.75) is 38.0 Å². The molecule has 0 unspecified atom stereocenters. The monoisotopic (exact) mass is 248 g/mol. The summed E-state index contributed by atoms with van der Waals surface area (Å²) in [6, 6.07) is 6.63. The van der Waals surface area contributed by atoms with Crippen molar-refractivity contribution >= 4 is 17.6 Å². The van der Waals surface area contributed by atoms with Crippen molar-refractivity contribution in [3.8, 4) is 0 Å². The van der Waals surface area contributed by atoms with Gasteiger partial charge in [0.05, 0.1) is 5.84 Å². The lowest BCUT2D eigenvalue weighted by Gasteiger charge is -2.14. The lowest BCUT2D eigenvalue weighted by Crippen LogP contribution is -2.18.